The van der Waals surface area contributed by atoms with Crippen molar-refractivity contribution in [3.8, 4) is 11.5 Å². The molecule has 112 valence electrons. The van der Waals surface area contributed by atoms with E-state index in [0.717, 1.165) is 15.6 Å². The van der Waals surface area contributed by atoms with Gasteiger partial charge < -0.3 is 9.47 Å². The van der Waals surface area contributed by atoms with Crippen LogP contribution in [0.1, 0.15) is 11.1 Å². The molecule has 0 saturated heterocycles. The molecule has 1 heterocycles. The third-order valence-electron chi connectivity index (χ3n) is 3.09. The molecule has 0 fully saturated rings. The van der Waals surface area contributed by atoms with Gasteiger partial charge in [-0.3, -0.25) is 4.79 Å². The third kappa shape index (κ3) is 3.46. The van der Waals surface area contributed by atoms with Crippen LogP contribution < -0.4 is 14.9 Å². The first-order valence-corrected chi connectivity index (χ1v) is 7.46. The fourth-order valence-corrected chi connectivity index (χ4v) is 2.45. The number of nitrogens with zero attached hydrogens (tertiary/aromatic N) is 1. The van der Waals surface area contributed by atoms with Crippen LogP contribution in [-0.2, 0) is 11.2 Å². The second kappa shape index (κ2) is 6.62. The molecule has 3 rings (SSSR count). The molecule has 0 aromatic heterocycles. The molecule has 0 saturated carbocycles. The first-order valence-electron chi connectivity index (χ1n) is 6.67. The number of halogens is 1. The van der Waals surface area contributed by atoms with E-state index in [1.54, 1.807) is 12.3 Å². The largest absolute Gasteiger partial charge is 0.454 e. The van der Waals surface area contributed by atoms with Gasteiger partial charge in [0.05, 0.1) is 12.6 Å². The van der Waals surface area contributed by atoms with Crippen molar-refractivity contribution < 1.29 is 14.3 Å². The summed E-state index contributed by atoms with van der Waals surface area (Å²) in [5.41, 5.74) is 4.25. The Labute approximate surface area is 136 Å². The Morgan fingerprint density at radius 2 is 1.95 bits per heavy atom. The number of carbonyl (C=O) groups is 1. The molecule has 22 heavy (non-hydrogen) atoms. The monoisotopic (exact) mass is 360 g/mol. The summed E-state index contributed by atoms with van der Waals surface area (Å²) in [5, 5.41) is 3.97. The molecule has 0 atom stereocenters. The van der Waals surface area contributed by atoms with Gasteiger partial charge in [-0.2, -0.15) is 5.10 Å². The second-order valence-corrected chi connectivity index (χ2v) is 5.54. The molecule has 1 amide bonds. The lowest BCUT2D eigenvalue weighted by Crippen LogP contribution is -2.19. The first-order chi connectivity index (χ1) is 10.7. The van der Waals surface area contributed by atoms with Gasteiger partial charge in [0.2, 0.25) is 12.7 Å². The molecule has 5 nitrogen and oxygen atoms in total. The summed E-state index contributed by atoms with van der Waals surface area (Å²) in [6, 6.07) is 13.1. The van der Waals surface area contributed by atoms with Crippen LogP contribution in [0.3, 0.4) is 0 Å². The van der Waals surface area contributed by atoms with Gasteiger partial charge >= 0.3 is 0 Å². The Morgan fingerprint density at radius 3 is 2.73 bits per heavy atom. The summed E-state index contributed by atoms with van der Waals surface area (Å²) in [6.07, 6.45) is 1.86. The molecule has 0 aliphatic carbocycles. The van der Waals surface area contributed by atoms with E-state index >= 15 is 0 Å². The Hall–Kier alpha value is -2.34. The second-order valence-electron chi connectivity index (χ2n) is 4.68. The number of hydrogen-bond donors (Lipinski definition) is 1. The highest BCUT2D eigenvalue weighted by Gasteiger charge is 2.15. The number of hydrazone groups is 1. The average Bonchev–Trinajstić information content (AvgIpc) is 2.95. The molecule has 2 aromatic carbocycles. The predicted molar refractivity (Wildman–Crippen MR) is 86.1 cm³/mol. The molecule has 0 spiro atoms. The molecule has 1 aliphatic heterocycles. The van der Waals surface area contributed by atoms with E-state index in [1.807, 2.05) is 36.4 Å². The van der Waals surface area contributed by atoms with Crippen molar-refractivity contribution in [1.82, 2.24) is 5.43 Å². The highest BCUT2D eigenvalue weighted by molar-refractivity contribution is 9.10. The molecular weight excluding hydrogens is 348 g/mol. The molecule has 0 bridgehead atoms. The minimum Gasteiger partial charge on any atom is -0.454 e. The molecular formula is C16H13BrN2O3. The zero-order chi connectivity index (χ0) is 15.4. The Morgan fingerprint density at radius 1 is 1.23 bits per heavy atom. The topological polar surface area (TPSA) is 59.9 Å². The fourth-order valence-electron chi connectivity index (χ4n) is 2.03. The maximum Gasteiger partial charge on any atom is 0.244 e. The number of nitrogens with one attached hydrogen (secondary N) is 1. The summed E-state index contributed by atoms with van der Waals surface area (Å²) in [7, 11) is 0. The maximum atomic E-state index is 11.8. The van der Waals surface area contributed by atoms with Crippen LogP contribution in [-0.4, -0.2) is 18.9 Å². The van der Waals surface area contributed by atoms with Crippen LogP contribution in [0.4, 0.5) is 0 Å². The summed E-state index contributed by atoms with van der Waals surface area (Å²) < 4.78 is 11.4. The van der Waals surface area contributed by atoms with Crippen LogP contribution in [0.5, 0.6) is 11.5 Å². The summed E-state index contributed by atoms with van der Waals surface area (Å²) >= 11 is 3.43. The van der Waals surface area contributed by atoms with Crippen molar-refractivity contribution >= 4 is 28.1 Å². The Kier molecular flexibility index (Phi) is 4.39. The van der Waals surface area contributed by atoms with Crippen molar-refractivity contribution in [3.05, 3.63) is 58.1 Å². The predicted octanol–water partition coefficient (Wildman–Crippen LogP) is 2.87. The van der Waals surface area contributed by atoms with Gasteiger partial charge in [-0.25, -0.2) is 5.43 Å². The minimum absolute atomic E-state index is 0.167. The van der Waals surface area contributed by atoms with Gasteiger partial charge in [-0.05, 0) is 33.6 Å². The molecule has 2 aromatic rings. The van der Waals surface area contributed by atoms with Crippen molar-refractivity contribution in [2.45, 2.75) is 6.42 Å². The van der Waals surface area contributed by atoms with E-state index < -0.39 is 0 Å². The molecule has 1 aliphatic rings. The third-order valence-corrected chi connectivity index (χ3v) is 3.78. The van der Waals surface area contributed by atoms with E-state index in [9.17, 15) is 4.79 Å². The average molecular weight is 361 g/mol. The van der Waals surface area contributed by atoms with Crippen molar-refractivity contribution in [2.24, 2.45) is 5.10 Å². The number of amides is 1. The lowest BCUT2D eigenvalue weighted by molar-refractivity contribution is -0.120. The molecule has 1 N–H and O–H groups in total. The van der Waals surface area contributed by atoms with Gasteiger partial charge in [0, 0.05) is 10.0 Å². The lowest BCUT2D eigenvalue weighted by atomic mass is 10.1. The summed E-state index contributed by atoms with van der Waals surface area (Å²) in [4.78, 5) is 11.8. The van der Waals surface area contributed by atoms with E-state index in [4.69, 9.17) is 9.47 Å². The molecule has 0 radical (unpaired) electrons. The number of fused-ring (bicyclic) bond motifs is 1. The van der Waals surface area contributed by atoms with E-state index in [-0.39, 0.29) is 12.7 Å². The zero-order valence-corrected chi connectivity index (χ0v) is 13.2. The summed E-state index contributed by atoms with van der Waals surface area (Å²) in [6.45, 7) is 0.218. The van der Waals surface area contributed by atoms with Crippen LogP contribution in [0.15, 0.2) is 52.0 Å². The molecule has 0 unspecified atom stereocenters. The zero-order valence-electron chi connectivity index (χ0n) is 11.6. The highest BCUT2D eigenvalue weighted by Crippen LogP contribution is 2.36. The number of hydrogen-bond acceptors (Lipinski definition) is 4. The van der Waals surface area contributed by atoms with E-state index in [1.165, 1.54) is 0 Å². The lowest BCUT2D eigenvalue weighted by Gasteiger charge is -2.02. The van der Waals surface area contributed by atoms with Gasteiger partial charge in [-0.1, -0.05) is 30.3 Å². The number of rotatable bonds is 4. The van der Waals surface area contributed by atoms with Crippen molar-refractivity contribution in [3.63, 3.8) is 0 Å². The standard InChI is InChI=1S/C16H13BrN2O3/c17-13-8-15-14(21-10-22-15)7-12(13)9-18-19-16(20)6-11-4-2-1-3-5-11/h1-5,7-9H,6,10H2,(H,19,20). The number of benzene rings is 2. The van der Waals surface area contributed by atoms with Gasteiger partial charge in [-0.15, -0.1) is 0 Å². The van der Waals surface area contributed by atoms with Crippen LogP contribution >= 0.6 is 15.9 Å². The van der Waals surface area contributed by atoms with Gasteiger partial charge in [0.25, 0.3) is 0 Å². The maximum absolute atomic E-state index is 11.8. The number of ether oxygens (including phenoxy) is 2. The van der Waals surface area contributed by atoms with E-state index in [0.29, 0.717) is 17.9 Å². The quantitative estimate of drug-likeness (QED) is 0.673. The molecule has 6 heteroatoms. The van der Waals surface area contributed by atoms with Crippen LogP contribution in [0.25, 0.3) is 0 Å². The number of carbonyl (C=O) groups excluding carboxylic acids is 1. The van der Waals surface area contributed by atoms with E-state index in [2.05, 4.69) is 26.5 Å². The Bertz CT molecular complexity index is 717. The fraction of sp³-hybridized carbons (Fsp3) is 0.125. The van der Waals surface area contributed by atoms with Gasteiger partial charge in [0.15, 0.2) is 11.5 Å². The van der Waals surface area contributed by atoms with Crippen molar-refractivity contribution in [1.29, 1.82) is 0 Å². The highest BCUT2D eigenvalue weighted by atomic mass is 79.9. The van der Waals surface area contributed by atoms with Gasteiger partial charge in [0.1, 0.15) is 0 Å². The summed E-state index contributed by atoms with van der Waals surface area (Å²) in [5.74, 6) is 1.19. The smallest absolute Gasteiger partial charge is 0.244 e. The van der Waals surface area contributed by atoms with Crippen LogP contribution in [0, 0.1) is 0 Å². The Balaban J connectivity index is 1.61. The van der Waals surface area contributed by atoms with Crippen LogP contribution in [0.2, 0.25) is 0 Å². The normalized spacial score (nSPS) is 12.6. The van der Waals surface area contributed by atoms with Crippen molar-refractivity contribution in [2.75, 3.05) is 6.79 Å². The first kappa shape index (κ1) is 14.6. The SMILES string of the molecule is O=C(Cc1ccccc1)NN=Cc1cc2c(cc1Br)OCO2. The minimum atomic E-state index is -0.167.